The fourth-order valence-electron chi connectivity index (χ4n) is 3.96. The zero-order valence-corrected chi connectivity index (χ0v) is 11.1. The first kappa shape index (κ1) is 12.7. The molecular weight excluding hydrogens is 216 g/mol. The molecule has 4 nitrogen and oxygen atoms in total. The molecule has 2 aliphatic heterocycles. The van der Waals surface area contributed by atoms with Gasteiger partial charge in [0.2, 0.25) is 0 Å². The van der Waals surface area contributed by atoms with E-state index in [4.69, 9.17) is 0 Å². The lowest BCUT2D eigenvalue weighted by Crippen LogP contribution is -2.57. The van der Waals surface area contributed by atoms with Crippen molar-refractivity contribution >= 4 is 6.09 Å². The highest BCUT2D eigenvalue weighted by Crippen LogP contribution is 2.48. The molecule has 17 heavy (non-hydrogen) atoms. The van der Waals surface area contributed by atoms with Crippen molar-refractivity contribution in [2.75, 3.05) is 19.6 Å². The third kappa shape index (κ3) is 2.15. The second-order valence-electron chi connectivity index (χ2n) is 6.62. The van der Waals surface area contributed by atoms with Crippen molar-refractivity contribution in [3.8, 4) is 0 Å². The minimum Gasteiger partial charge on any atom is -0.530 e. The van der Waals surface area contributed by atoms with E-state index in [1.165, 1.54) is 0 Å². The molecule has 0 aromatic heterocycles. The topological polar surface area (TPSA) is 55.4 Å². The summed E-state index contributed by atoms with van der Waals surface area (Å²) in [6.45, 7) is 9.04. The van der Waals surface area contributed by atoms with E-state index in [2.05, 4.69) is 26.1 Å². The number of carbonyl (C=O) groups excluding carboxylic acids is 1. The van der Waals surface area contributed by atoms with Crippen molar-refractivity contribution in [2.24, 2.45) is 10.8 Å². The lowest BCUT2D eigenvalue weighted by molar-refractivity contribution is -0.269. The van der Waals surface area contributed by atoms with Gasteiger partial charge in [0.25, 0.3) is 0 Å². The Morgan fingerprint density at radius 2 is 2.12 bits per heavy atom. The van der Waals surface area contributed by atoms with Crippen LogP contribution in [0.3, 0.4) is 0 Å². The number of hydrogen-bond donors (Lipinski definition) is 1. The van der Waals surface area contributed by atoms with Crippen molar-refractivity contribution in [1.82, 2.24) is 10.2 Å². The molecule has 0 radical (unpaired) electrons. The zero-order valence-electron chi connectivity index (χ0n) is 11.1. The Labute approximate surface area is 103 Å². The van der Waals surface area contributed by atoms with Crippen molar-refractivity contribution in [1.29, 1.82) is 0 Å². The summed E-state index contributed by atoms with van der Waals surface area (Å²) >= 11 is 0. The Bertz CT molecular complexity index is 303. The third-order valence-electron chi connectivity index (χ3n) is 4.30. The van der Waals surface area contributed by atoms with Crippen molar-refractivity contribution in [3.63, 3.8) is 0 Å². The molecule has 2 fully saturated rings. The van der Waals surface area contributed by atoms with Crippen LogP contribution >= 0.6 is 0 Å². The van der Waals surface area contributed by atoms with Crippen LogP contribution in [0.5, 0.6) is 0 Å². The van der Waals surface area contributed by atoms with Crippen LogP contribution in [0, 0.1) is 10.8 Å². The van der Waals surface area contributed by atoms with Crippen LogP contribution in [-0.2, 0) is 0 Å². The van der Waals surface area contributed by atoms with Crippen LogP contribution in [0.4, 0.5) is 4.79 Å². The summed E-state index contributed by atoms with van der Waals surface area (Å²) in [5, 5.41) is 14.7. The predicted molar refractivity (Wildman–Crippen MR) is 64.5 cm³/mol. The summed E-state index contributed by atoms with van der Waals surface area (Å²) in [4.78, 5) is 12.8. The van der Waals surface area contributed by atoms with Crippen LogP contribution in [0.15, 0.2) is 0 Å². The summed E-state index contributed by atoms with van der Waals surface area (Å²) in [7, 11) is 0. The molecule has 0 aromatic rings. The summed E-state index contributed by atoms with van der Waals surface area (Å²) in [6.07, 6.45) is 2.24. The van der Waals surface area contributed by atoms with Gasteiger partial charge in [-0.3, -0.25) is 0 Å². The predicted octanol–water partition coefficient (Wildman–Crippen LogP) is 0.820. The average molecular weight is 239 g/mol. The first-order chi connectivity index (χ1) is 7.87. The second kappa shape index (κ2) is 4.16. The Morgan fingerprint density at radius 3 is 2.59 bits per heavy atom. The van der Waals surface area contributed by atoms with Gasteiger partial charge in [-0.25, -0.2) is 0 Å². The number of carbonyl (C=O) groups is 1. The first-order valence-corrected chi connectivity index (χ1v) is 6.55. The molecule has 1 spiro atoms. The molecule has 4 heteroatoms. The standard InChI is InChI=1S/C13H24N2O2/c1-12(2,3)10-13(5-4-7-14-9-13)6-8-15(10)11(16)17/h10,14H,4-9H2,1-3H3,(H,16,17)/p-1. The Kier molecular flexibility index (Phi) is 3.10. The number of piperidine rings is 1. The van der Waals surface area contributed by atoms with Gasteiger partial charge < -0.3 is 20.1 Å². The van der Waals surface area contributed by atoms with Gasteiger partial charge in [0.1, 0.15) is 6.09 Å². The summed E-state index contributed by atoms with van der Waals surface area (Å²) in [5.74, 6) is 0. The maximum atomic E-state index is 11.3. The van der Waals surface area contributed by atoms with Crippen LogP contribution in [0.1, 0.15) is 40.0 Å². The molecule has 2 rings (SSSR count). The largest absolute Gasteiger partial charge is 0.530 e. The lowest BCUT2D eigenvalue weighted by Gasteiger charge is -2.48. The van der Waals surface area contributed by atoms with Crippen LogP contribution in [-0.4, -0.2) is 36.7 Å². The molecule has 1 N–H and O–H groups in total. The van der Waals surface area contributed by atoms with E-state index >= 15 is 0 Å². The Hall–Kier alpha value is -0.770. The Balaban J connectivity index is 2.30. The highest BCUT2D eigenvalue weighted by Gasteiger charge is 2.52. The summed E-state index contributed by atoms with van der Waals surface area (Å²) in [6, 6.07) is 0.0767. The minimum absolute atomic E-state index is 0.0322. The summed E-state index contributed by atoms with van der Waals surface area (Å²) in [5.41, 5.74) is 0.0894. The fraction of sp³-hybridized carbons (Fsp3) is 0.923. The van der Waals surface area contributed by atoms with Crippen molar-refractivity contribution < 1.29 is 9.90 Å². The van der Waals surface area contributed by atoms with Gasteiger partial charge in [0, 0.05) is 24.5 Å². The van der Waals surface area contributed by atoms with Crippen LogP contribution in [0.25, 0.3) is 0 Å². The molecule has 2 unspecified atom stereocenters. The molecule has 2 heterocycles. The average Bonchev–Trinajstić information content (AvgIpc) is 2.58. The molecule has 2 aliphatic rings. The molecule has 2 atom stereocenters. The molecule has 0 saturated carbocycles. The highest BCUT2D eigenvalue weighted by molar-refractivity contribution is 5.64. The maximum Gasteiger partial charge on any atom is 0.137 e. The van der Waals surface area contributed by atoms with Gasteiger partial charge in [0.05, 0.1) is 0 Å². The number of carboxylic acid groups (broad SMARTS) is 1. The number of amides is 1. The molecular formula is C13H23N2O2-. The lowest BCUT2D eigenvalue weighted by atomic mass is 9.66. The highest BCUT2D eigenvalue weighted by atomic mass is 16.4. The number of nitrogens with one attached hydrogen (secondary N) is 1. The zero-order chi connectivity index (χ0) is 12.7. The van der Waals surface area contributed by atoms with Crippen LogP contribution in [0.2, 0.25) is 0 Å². The molecule has 1 amide bonds. The van der Waals surface area contributed by atoms with E-state index in [0.29, 0.717) is 6.54 Å². The van der Waals surface area contributed by atoms with E-state index < -0.39 is 6.09 Å². The van der Waals surface area contributed by atoms with E-state index in [-0.39, 0.29) is 16.9 Å². The molecule has 98 valence electrons. The second-order valence-corrected chi connectivity index (χ2v) is 6.62. The quantitative estimate of drug-likeness (QED) is 0.681. The SMILES string of the molecule is CC(C)(C)C1N(C(=O)[O-])CCC12CCCNC2. The molecule has 0 aromatic carbocycles. The third-order valence-corrected chi connectivity index (χ3v) is 4.30. The minimum atomic E-state index is -1.01. The van der Waals surface area contributed by atoms with Gasteiger partial charge in [-0.1, -0.05) is 20.8 Å². The van der Waals surface area contributed by atoms with E-state index in [1.807, 2.05) is 0 Å². The smallest absolute Gasteiger partial charge is 0.137 e. The van der Waals surface area contributed by atoms with Gasteiger partial charge >= 0.3 is 0 Å². The normalized spacial score (nSPS) is 34.3. The number of rotatable bonds is 0. The molecule has 2 saturated heterocycles. The van der Waals surface area contributed by atoms with Crippen molar-refractivity contribution in [3.05, 3.63) is 0 Å². The number of hydrogen-bond acceptors (Lipinski definition) is 3. The maximum absolute atomic E-state index is 11.3. The number of nitrogens with zero attached hydrogens (tertiary/aromatic N) is 1. The first-order valence-electron chi connectivity index (χ1n) is 6.55. The van der Waals surface area contributed by atoms with Gasteiger partial charge in [-0.05, 0) is 31.2 Å². The van der Waals surface area contributed by atoms with E-state index in [9.17, 15) is 9.90 Å². The van der Waals surface area contributed by atoms with Gasteiger partial charge in [-0.15, -0.1) is 0 Å². The van der Waals surface area contributed by atoms with Gasteiger partial charge in [0.15, 0.2) is 0 Å². The number of likely N-dealkylation sites (tertiary alicyclic amines) is 1. The Morgan fingerprint density at radius 1 is 1.41 bits per heavy atom. The van der Waals surface area contributed by atoms with E-state index in [0.717, 1.165) is 32.4 Å². The summed E-state index contributed by atoms with van der Waals surface area (Å²) < 4.78 is 0. The fourth-order valence-corrected chi connectivity index (χ4v) is 3.96. The van der Waals surface area contributed by atoms with Crippen molar-refractivity contribution in [2.45, 2.75) is 46.1 Å². The van der Waals surface area contributed by atoms with Crippen LogP contribution < -0.4 is 10.4 Å². The molecule has 0 bridgehead atoms. The van der Waals surface area contributed by atoms with Gasteiger partial charge in [-0.2, -0.15) is 0 Å². The monoisotopic (exact) mass is 239 g/mol. The molecule has 0 aliphatic carbocycles. The van der Waals surface area contributed by atoms with E-state index in [1.54, 1.807) is 4.90 Å².